The first-order valence-electron chi connectivity index (χ1n) is 4.97. The van der Waals surface area contributed by atoms with Gasteiger partial charge in [-0.1, -0.05) is 11.2 Å². The van der Waals surface area contributed by atoms with E-state index in [1.165, 1.54) is 0 Å². The van der Waals surface area contributed by atoms with Gasteiger partial charge in [0, 0.05) is 11.0 Å². The highest BCUT2D eigenvalue weighted by Gasteiger charge is 2.02. The Morgan fingerprint density at radius 1 is 1.38 bits per heavy atom. The third kappa shape index (κ3) is 2.79. The van der Waals surface area contributed by atoms with E-state index in [-0.39, 0.29) is 0 Å². The van der Waals surface area contributed by atoms with Crippen molar-refractivity contribution in [3.8, 4) is 5.75 Å². The van der Waals surface area contributed by atoms with E-state index in [0.717, 1.165) is 27.9 Å². The Kier molecular flexibility index (Phi) is 3.51. The van der Waals surface area contributed by atoms with Crippen molar-refractivity contribution in [2.45, 2.75) is 17.6 Å². The van der Waals surface area contributed by atoms with Crippen LogP contribution >= 0.6 is 11.8 Å². The molecule has 0 fully saturated rings. The van der Waals surface area contributed by atoms with Crippen LogP contribution in [0.5, 0.6) is 5.75 Å². The molecule has 0 aliphatic carbocycles. The van der Waals surface area contributed by atoms with Crippen molar-refractivity contribution >= 4 is 11.8 Å². The van der Waals surface area contributed by atoms with Gasteiger partial charge in [0.1, 0.15) is 11.5 Å². The molecule has 4 heteroatoms. The molecule has 0 aliphatic rings. The molecule has 0 unspecified atom stereocenters. The van der Waals surface area contributed by atoms with E-state index in [0.29, 0.717) is 0 Å². The first kappa shape index (κ1) is 11.1. The second kappa shape index (κ2) is 5.07. The number of rotatable bonds is 4. The molecule has 2 aromatic rings. The second-order valence-electron chi connectivity index (χ2n) is 3.40. The lowest BCUT2D eigenvalue weighted by atomic mass is 10.3. The fourth-order valence-corrected chi connectivity index (χ4v) is 2.15. The predicted molar refractivity (Wildman–Crippen MR) is 63.8 cm³/mol. The summed E-state index contributed by atoms with van der Waals surface area (Å²) in [6.07, 6.45) is 0. The molecule has 0 radical (unpaired) electrons. The number of methoxy groups -OCH3 is 1. The van der Waals surface area contributed by atoms with E-state index < -0.39 is 0 Å². The minimum absolute atomic E-state index is 0.786. The number of thioether (sulfide) groups is 1. The topological polar surface area (TPSA) is 35.3 Å². The van der Waals surface area contributed by atoms with Gasteiger partial charge in [0.25, 0.3) is 0 Å². The summed E-state index contributed by atoms with van der Waals surface area (Å²) in [7, 11) is 1.67. The highest BCUT2D eigenvalue weighted by Crippen LogP contribution is 2.26. The van der Waals surface area contributed by atoms with Gasteiger partial charge in [-0.3, -0.25) is 0 Å². The largest absolute Gasteiger partial charge is 0.497 e. The Hall–Kier alpha value is -1.42. The fourth-order valence-electron chi connectivity index (χ4n) is 1.33. The monoisotopic (exact) mass is 235 g/mol. The summed E-state index contributed by atoms with van der Waals surface area (Å²) >= 11 is 1.70. The number of ether oxygens (including phenoxy) is 1. The van der Waals surface area contributed by atoms with Gasteiger partial charge in [0.15, 0.2) is 0 Å². The summed E-state index contributed by atoms with van der Waals surface area (Å²) in [5, 5.41) is 3.85. The Morgan fingerprint density at radius 3 is 2.94 bits per heavy atom. The standard InChI is InChI=1S/C12H13NO2S/c1-9-6-11(15-13-9)8-16-12-5-3-4-10(7-12)14-2/h3-7H,8H2,1-2H3. The summed E-state index contributed by atoms with van der Waals surface area (Å²) in [6, 6.07) is 9.92. The molecule has 0 bridgehead atoms. The third-order valence-electron chi connectivity index (χ3n) is 2.10. The van der Waals surface area contributed by atoms with Crippen molar-refractivity contribution in [2.75, 3.05) is 7.11 Å². The molecule has 0 saturated heterocycles. The second-order valence-corrected chi connectivity index (χ2v) is 4.45. The van der Waals surface area contributed by atoms with Gasteiger partial charge in [0.2, 0.25) is 0 Å². The Balaban J connectivity index is 1.99. The fraction of sp³-hybridized carbons (Fsp3) is 0.250. The highest BCUT2D eigenvalue weighted by atomic mass is 32.2. The van der Waals surface area contributed by atoms with Crippen LogP contribution in [0.3, 0.4) is 0 Å². The van der Waals surface area contributed by atoms with Crippen LogP contribution in [0.2, 0.25) is 0 Å². The van der Waals surface area contributed by atoms with Gasteiger partial charge in [0.05, 0.1) is 18.6 Å². The van der Waals surface area contributed by atoms with Gasteiger partial charge in [-0.2, -0.15) is 0 Å². The number of nitrogens with zero attached hydrogens (tertiary/aromatic N) is 1. The lowest BCUT2D eigenvalue weighted by molar-refractivity contribution is 0.391. The summed E-state index contributed by atoms with van der Waals surface area (Å²) in [6.45, 7) is 1.92. The van der Waals surface area contributed by atoms with Crippen molar-refractivity contribution in [1.29, 1.82) is 0 Å². The van der Waals surface area contributed by atoms with Crippen molar-refractivity contribution < 1.29 is 9.26 Å². The van der Waals surface area contributed by atoms with Crippen LogP contribution in [0.15, 0.2) is 39.8 Å². The average Bonchev–Trinajstić information content (AvgIpc) is 2.73. The molecule has 16 heavy (non-hydrogen) atoms. The van der Waals surface area contributed by atoms with Gasteiger partial charge in [-0.05, 0) is 25.1 Å². The lowest BCUT2D eigenvalue weighted by Gasteiger charge is -2.02. The van der Waals surface area contributed by atoms with E-state index in [9.17, 15) is 0 Å². The van der Waals surface area contributed by atoms with Crippen LogP contribution in [-0.4, -0.2) is 12.3 Å². The molecular weight excluding hydrogens is 222 g/mol. The van der Waals surface area contributed by atoms with Crippen LogP contribution < -0.4 is 4.74 Å². The Morgan fingerprint density at radius 2 is 2.25 bits per heavy atom. The van der Waals surface area contributed by atoms with Gasteiger partial charge < -0.3 is 9.26 Å². The maximum absolute atomic E-state index is 5.16. The van der Waals surface area contributed by atoms with Crippen LogP contribution in [0.1, 0.15) is 11.5 Å². The Labute approximate surface area is 98.8 Å². The summed E-state index contributed by atoms with van der Waals surface area (Å²) < 4.78 is 10.3. The van der Waals surface area contributed by atoms with Crippen molar-refractivity contribution in [1.82, 2.24) is 5.16 Å². The van der Waals surface area contributed by atoms with Crippen LogP contribution in [-0.2, 0) is 5.75 Å². The molecule has 0 N–H and O–H groups in total. The number of aryl methyl sites for hydroxylation is 1. The summed E-state index contributed by atoms with van der Waals surface area (Å²) in [5.74, 6) is 2.55. The SMILES string of the molecule is COc1cccc(SCc2cc(C)no2)c1. The molecule has 0 spiro atoms. The van der Waals surface area contributed by atoms with E-state index in [1.807, 2.05) is 31.2 Å². The average molecular weight is 235 g/mol. The number of hydrogen-bond donors (Lipinski definition) is 0. The molecule has 3 nitrogen and oxygen atoms in total. The molecular formula is C12H13NO2S. The quantitative estimate of drug-likeness (QED) is 0.762. The van der Waals surface area contributed by atoms with Crippen LogP contribution in [0.4, 0.5) is 0 Å². The minimum Gasteiger partial charge on any atom is -0.497 e. The van der Waals surface area contributed by atoms with Crippen LogP contribution in [0, 0.1) is 6.92 Å². The first-order chi connectivity index (χ1) is 7.78. The number of aromatic nitrogens is 1. The first-order valence-corrected chi connectivity index (χ1v) is 5.95. The van der Waals surface area contributed by atoms with E-state index >= 15 is 0 Å². The smallest absolute Gasteiger partial charge is 0.147 e. The predicted octanol–water partition coefficient (Wildman–Crippen LogP) is 3.28. The molecule has 0 amide bonds. The minimum atomic E-state index is 0.786. The zero-order chi connectivity index (χ0) is 11.4. The molecule has 1 aromatic heterocycles. The van der Waals surface area contributed by atoms with E-state index in [2.05, 4.69) is 11.2 Å². The van der Waals surface area contributed by atoms with Crippen LogP contribution in [0.25, 0.3) is 0 Å². The van der Waals surface area contributed by atoms with E-state index in [4.69, 9.17) is 9.26 Å². The zero-order valence-corrected chi connectivity index (χ0v) is 10.1. The summed E-state index contributed by atoms with van der Waals surface area (Å²) in [4.78, 5) is 1.16. The molecule has 0 atom stereocenters. The van der Waals surface area contributed by atoms with Crippen molar-refractivity contribution in [2.24, 2.45) is 0 Å². The molecule has 0 saturated carbocycles. The van der Waals surface area contributed by atoms with Gasteiger partial charge in [-0.15, -0.1) is 11.8 Å². The molecule has 84 valence electrons. The molecule has 1 heterocycles. The third-order valence-corrected chi connectivity index (χ3v) is 3.12. The van der Waals surface area contributed by atoms with E-state index in [1.54, 1.807) is 18.9 Å². The maximum Gasteiger partial charge on any atom is 0.147 e. The van der Waals surface area contributed by atoms with Crippen molar-refractivity contribution in [3.05, 3.63) is 41.8 Å². The lowest BCUT2D eigenvalue weighted by Crippen LogP contribution is -1.82. The van der Waals surface area contributed by atoms with Gasteiger partial charge in [-0.25, -0.2) is 0 Å². The summed E-state index contributed by atoms with van der Waals surface area (Å²) in [5.41, 5.74) is 0.918. The number of hydrogen-bond acceptors (Lipinski definition) is 4. The molecule has 1 aromatic carbocycles. The normalized spacial score (nSPS) is 10.4. The molecule has 2 rings (SSSR count). The van der Waals surface area contributed by atoms with Crippen molar-refractivity contribution in [3.63, 3.8) is 0 Å². The molecule has 0 aliphatic heterocycles. The zero-order valence-electron chi connectivity index (χ0n) is 9.27. The Bertz CT molecular complexity index is 468. The number of benzene rings is 1. The highest BCUT2D eigenvalue weighted by molar-refractivity contribution is 7.98. The maximum atomic E-state index is 5.16. The van der Waals surface area contributed by atoms with Gasteiger partial charge >= 0.3 is 0 Å².